The molecule has 0 saturated carbocycles. The van der Waals surface area contributed by atoms with Crippen LogP contribution in [0.3, 0.4) is 0 Å². The van der Waals surface area contributed by atoms with E-state index in [1.54, 1.807) is 6.07 Å². The zero-order chi connectivity index (χ0) is 14.4. The number of hydrogen-bond donors (Lipinski definition) is 0. The zero-order valence-electron chi connectivity index (χ0n) is 11.0. The second-order valence-corrected chi connectivity index (χ2v) is 6.37. The Morgan fingerprint density at radius 3 is 2.70 bits per heavy atom. The van der Waals surface area contributed by atoms with Crippen molar-refractivity contribution >= 4 is 50.0 Å². The van der Waals surface area contributed by atoms with Gasteiger partial charge in [0.25, 0.3) is 0 Å². The first kappa shape index (κ1) is 14.0. The molecule has 0 fully saturated rings. The molecule has 0 N–H and O–H groups in total. The molecule has 0 bridgehead atoms. The van der Waals surface area contributed by atoms with Crippen LogP contribution in [-0.2, 0) is 13.6 Å². The fourth-order valence-electron chi connectivity index (χ4n) is 2.37. The predicted octanol–water partition coefficient (Wildman–Crippen LogP) is 4.80. The van der Waals surface area contributed by atoms with Crippen molar-refractivity contribution in [2.75, 3.05) is 0 Å². The lowest BCUT2D eigenvalue weighted by molar-refractivity contribution is 0.672. The molecule has 6 heteroatoms. The molecular weight excluding hydrogens is 361 g/mol. The van der Waals surface area contributed by atoms with Crippen molar-refractivity contribution in [3.05, 3.63) is 50.3 Å². The summed E-state index contributed by atoms with van der Waals surface area (Å²) in [7, 11) is 1.94. The molecule has 2 heterocycles. The third kappa shape index (κ3) is 2.26. The first-order valence-corrected chi connectivity index (χ1v) is 7.64. The summed E-state index contributed by atoms with van der Waals surface area (Å²) in [6, 6.07) is 5.70. The molecule has 0 aliphatic rings. The van der Waals surface area contributed by atoms with Crippen molar-refractivity contribution < 1.29 is 0 Å². The Labute approximate surface area is 135 Å². The Bertz CT molecular complexity index is 804. The van der Waals surface area contributed by atoms with E-state index in [0.717, 1.165) is 26.8 Å². The molecule has 0 saturated heterocycles. The number of aromatic nitrogens is 3. The van der Waals surface area contributed by atoms with Crippen LogP contribution in [0, 0.1) is 6.92 Å². The summed E-state index contributed by atoms with van der Waals surface area (Å²) in [5, 5.41) is 6.73. The van der Waals surface area contributed by atoms with E-state index in [9.17, 15) is 0 Å². The van der Waals surface area contributed by atoms with Crippen LogP contribution in [0.15, 0.2) is 28.9 Å². The van der Waals surface area contributed by atoms with Crippen LogP contribution in [-0.4, -0.2) is 14.3 Å². The van der Waals surface area contributed by atoms with E-state index in [4.69, 9.17) is 23.2 Å². The van der Waals surface area contributed by atoms with E-state index in [2.05, 4.69) is 25.6 Å². The Balaban J connectivity index is 2.12. The van der Waals surface area contributed by atoms with Crippen molar-refractivity contribution in [2.45, 2.75) is 13.5 Å². The number of aryl methyl sites for hydroxylation is 2. The average molecular weight is 373 g/mol. The number of fused-ring (bicyclic) bond motifs is 1. The second-order valence-electron chi connectivity index (χ2n) is 4.73. The van der Waals surface area contributed by atoms with Crippen LogP contribution in [0.4, 0.5) is 0 Å². The molecule has 0 atom stereocenters. The van der Waals surface area contributed by atoms with Gasteiger partial charge in [0.15, 0.2) is 0 Å². The summed E-state index contributed by atoms with van der Waals surface area (Å²) < 4.78 is 5.04. The van der Waals surface area contributed by atoms with Crippen LogP contribution < -0.4 is 0 Å². The van der Waals surface area contributed by atoms with Crippen molar-refractivity contribution in [3.63, 3.8) is 0 Å². The van der Waals surface area contributed by atoms with E-state index in [1.807, 2.05) is 37.0 Å². The van der Waals surface area contributed by atoms with Gasteiger partial charge in [0, 0.05) is 23.7 Å². The number of rotatable bonds is 2. The molecule has 20 heavy (non-hydrogen) atoms. The quantitative estimate of drug-likeness (QED) is 0.633. The monoisotopic (exact) mass is 371 g/mol. The van der Waals surface area contributed by atoms with Gasteiger partial charge in [0.2, 0.25) is 0 Å². The normalized spacial score (nSPS) is 11.4. The summed E-state index contributed by atoms with van der Waals surface area (Å²) in [4.78, 5) is 0. The highest BCUT2D eigenvalue weighted by Gasteiger charge is 2.13. The van der Waals surface area contributed by atoms with Gasteiger partial charge in [-0.25, -0.2) is 0 Å². The SMILES string of the molecule is Cc1nn(C)c(Cn2ccc3c(Cl)cc(Cl)cc32)c1Br. The van der Waals surface area contributed by atoms with Gasteiger partial charge in [0.05, 0.1) is 32.9 Å². The van der Waals surface area contributed by atoms with Crippen LogP contribution in [0.25, 0.3) is 10.9 Å². The van der Waals surface area contributed by atoms with Gasteiger partial charge < -0.3 is 4.57 Å². The second kappa shape index (κ2) is 5.10. The fourth-order valence-corrected chi connectivity index (χ4v) is 3.38. The smallest absolute Gasteiger partial charge is 0.0739 e. The molecule has 3 rings (SSSR count). The predicted molar refractivity (Wildman–Crippen MR) is 86.7 cm³/mol. The standard InChI is InChI=1S/C14H12BrCl2N3/c1-8-14(15)13(19(2)18-8)7-20-4-3-10-11(17)5-9(16)6-12(10)20/h3-6H,7H2,1-2H3. The molecule has 0 aliphatic heterocycles. The van der Waals surface area contributed by atoms with Gasteiger partial charge in [-0.15, -0.1) is 0 Å². The molecule has 104 valence electrons. The molecule has 3 nitrogen and oxygen atoms in total. The highest BCUT2D eigenvalue weighted by atomic mass is 79.9. The van der Waals surface area contributed by atoms with E-state index in [1.165, 1.54) is 0 Å². The van der Waals surface area contributed by atoms with E-state index in [0.29, 0.717) is 16.6 Å². The highest BCUT2D eigenvalue weighted by Crippen LogP contribution is 2.30. The summed E-state index contributed by atoms with van der Waals surface area (Å²) in [6.07, 6.45) is 2.02. The molecule has 1 aromatic carbocycles. The fraction of sp³-hybridized carbons (Fsp3) is 0.214. The zero-order valence-corrected chi connectivity index (χ0v) is 14.1. The first-order valence-electron chi connectivity index (χ1n) is 6.09. The third-order valence-electron chi connectivity index (χ3n) is 3.38. The van der Waals surface area contributed by atoms with Gasteiger partial charge in [-0.2, -0.15) is 5.10 Å². The molecule has 3 aromatic rings. The van der Waals surface area contributed by atoms with Gasteiger partial charge in [-0.3, -0.25) is 4.68 Å². The van der Waals surface area contributed by atoms with Gasteiger partial charge >= 0.3 is 0 Å². The van der Waals surface area contributed by atoms with Crippen molar-refractivity contribution in [3.8, 4) is 0 Å². The topological polar surface area (TPSA) is 22.8 Å². The van der Waals surface area contributed by atoms with Crippen LogP contribution in [0.5, 0.6) is 0 Å². The first-order chi connectivity index (χ1) is 9.47. The number of hydrogen-bond acceptors (Lipinski definition) is 1. The summed E-state index contributed by atoms with van der Waals surface area (Å²) in [5.41, 5.74) is 3.11. The Morgan fingerprint density at radius 1 is 1.30 bits per heavy atom. The van der Waals surface area contributed by atoms with Crippen LogP contribution in [0.2, 0.25) is 10.0 Å². The third-order valence-corrected chi connectivity index (χ3v) is 4.95. The lowest BCUT2D eigenvalue weighted by atomic mass is 10.2. The summed E-state index contributed by atoms with van der Waals surface area (Å²) in [6.45, 7) is 2.69. The number of nitrogens with zero attached hydrogens (tertiary/aromatic N) is 3. The van der Waals surface area contributed by atoms with E-state index < -0.39 is 0 Å². The number of halogens is 3. The lowest BCUT2D eigenvalue weighted by Gasteiger charge is -2.07. The lowest BCUT2D eigenvalue weighted by Crippen LogP contribution is -2.05. The van der Waals surface area contributed by atoms with Gasteiger partial charge in [0.1, 0.15) is 0 Å². The molecule has 0 radical (unpaired) electrons. The maximum absolute atomic E-state index is 6.22. The summed E-state index contributed by atoms with van der Waals surface area (Å²) >= 11 is 15.9. The Kier molecular flexibility index (Phi) is 3.56. The van der Waals surface area contributed by atoms with Crippen molar-refractivity contribution in [2.24, 2.45) is 7.05 Å². The minimum absolute atomic E-state index is 0.641. The largest absolute Gasteiger partial charge is 0.341 e. The Hall–Kier alpha value is -0.970. The van der Waals surface area contributed by atoms with Gasteiger partial charge in [-0.1, -0.05) is 23.2 Å². The minimum atomic E-state index is 0.641. The molecule has 0 aliphatic carbocycles. The molecule has 0 unspecified atom stereocenters. The number of benzene rings is 1. The van der Waals surface area contributed by atoms with Crippen LogP contribution >= 0.6 is 39.1 Å². The highest BCUT2D eigenvalue weighted by molar-refractivity contribution is 9.10. The van der Waals surface area contributed by atoms with E-state index in [-0.39, 0.29) is 0 Å². The molecule has 0 amide bonds. The maximum Gasteiger partial charge on any atom is 0.0739 e. The average Bonchev–Trinajstić information content (AvgIpc) is 2.87. The Morgan fingerprint density at radius 2 is 2.05 bits per heavy atom. The van der Waals surface area contributed by atoms with Crippen molar-refractivity contribution in [1.29, 1.82) is 0 Å². The van der Waals surface area contributed by atoms with Crippen LogP contribution in [0.1, 0.15) is 11.4 Å². The molecule has 2 aromatic heterocycles. The molecular formula is C14H12BrCl2N3. The summed E-state index contributed by atoms with van der Waals surface area (Å²) in [5.74, 6) is 0. The molecule has 0 spiro atoms. The van der Waals surface area contributed by atoms with E-state index >= 15 is 0 Å². The minimum Gasteiger partial charge on any atom is -0.341 e. The van der Waals surface area contributed by atoms with Crippen molar-refractivity contribution in [1.82, 2.24) is 14.3 Å². The van der Waals surface area contributed by atoms with Gasteiger partial charge in [-0.05, 0) is 41.1 Å². The maximum atomic E-state index is 6.22.